The standard InChI is InChI=1S/C10H17NO2S/c12-9(13)10(4-2-5-11-10)7-8-3-1-6-14-8/h8,11H,1-7H2,(H,12,13). The molecule has 80 valence electrons. The molecule has 0 aliphatic carbocycles. The Morgan fingerprint density at radius 2 is 2.43 bits per heavy atom. The Kier molecular flexibility index (Phi) is 3.02. The summed E-state index contributed by atoms with van der Waals surface area (Å²) in [5, 5.41) is 13.0. The number of carboxylic acids is 1. The van der Waals surface area contributed by atoms with Crippen LogP contribution in [0.15, 0.2) is 0 Å². The van der Waals surface area contributed by atoms with Crippen molar-refractivity contribution in [2.24, 2.45) is 0 Å². The lowest BCUT2D eigenvalue weighted by Gasteiger charge is -2.27. The van der Waals surface area contributed by atoms with Gasteiger partial charge >= 0.3 is 5.97 Å². The van der Waals surface area contributed by atoms with E-state index in [9.17, 15) is 9.90 Å². The molecule has 0 aromatic heterocycles. The van der Waals surface area contributed by atoms with Crippen LogP contribution in [0.5, 0.6) is 0 Å². The summed E-state index contributed by atoms with van der Waals surface area (Å²) in [6.45, 7) is 0.865. The molecule has 2 saturated heterocycles. The molecule has 2 heterocycles. The zero-order valence-corrected chi connectivity index (χ0v) is 9.11. The summed E-state index contributed by atoms with van der Waals surface area (Å²) in [6, 6.07) is 0. The molecule has 14 heavy (non-hydrogen) atoms. The third kappa shape index (κ3) is 1.91. The largest absolute Gasteiger partial charge is 0.480 e. The molecule has 0 radical (unpaired) electrons. The third-order valence-corrected chi connectivity index (χ3v) is 4.65. The second-order valence-corrected chi connectivity index (χ2v) is 5.66. The first kappa shape index (κ1) is 10.3. The fraction of sp³-hybridized carbons (Fsp3) is 0.900. The second kappa shape index (κ2) is 4.11. The van der Waals surface area contributed by atoms with E-state index < -0.39 is 11.5 Å². The van der Waals surface area contributed by atoms with Crippen LogP contribution in [0, 0.1) is 0 Å². The number of aliphatic carboxylic acids is 1. The summed E-state index contributed by atoms with van der Waals surface area (Å²) in [6.07, 6.45) is 5.07. The van der Waals surface area contributed by atoms with Gasteiger partial charge in [-0.15, -0.1) is 0 Å². The molecule has 0 amide bonds. The van der Waals surface area contributed by atoms with E-state index in [2.05, 4.69) is 5.32 Å². The van der Waals surface area contributed by atoms with Crippen molar-refractivity contribution in [3.63, 3.8) is 0 Å². The van der Waals surface area contributed by atoms with E-state index in [1.165, 1.54) is 18.6 Å². The predicted octanol–water partition coefficient (Wildman–Crippen LogP) is 1.48. The first-order chi connectivity index (χ1) is 6.73. The van der Waals surface area contributed by atoms with Gasteiger partial charge in [-0.05, 0) is 44.4 Å². The summed E-state index contributed by atoms with van der Waals surface area (Å²) in [7, 11) is 0. The zero-order chi connectivity index (χ0) is 10.0. The Morgan fingerprint density at radius 3 is 2.93 bits per heavy atom. The molecule has 0 saturated carbocycles. The van der Waals surface area contributed by atoms with Crippen molar-refractivity contribution in [1.82, 2.24) is 5.32 Å². The molecule has 2 N–H and O–H groups in total. The molecule has 2 aliphatic heterocycles. The predicted molar refractivity (Wildman–Crippen MR) is 57.7 cm³/mol. The van der Waals surface area contributed by atoms with Crippen molar-refractivity contribution < 1.29 is 9.90 Å². The smallest absolute Gasteiger partial charge is 0.323 e. The highest BCUT2D eigenvalue weighted by Gasteiger charge is 2.43. The van der Waals surface area contributed by atoms with E-state index in [1.807, 2.05) is 11.8 Å². The molecule has 2 rings (SSSR count). The number of carboxylic acid groups (broad SMARTS) is 1. The van der Waals surface area contributed by atoms with Crippen LogP contribution < -0.4 is 5.32 Å². The van der Waals surface area contributed by atoms with E-state index in [1.54, 1.807) is 0 Å². The maximum atomic E-state index is 11.2. The number of thioether (sulfide) groups is 1. The summed E-state index contributed by atoms with van der Waals surface area (Å²) in [5.41, 5.74) is -0.595. The highest BCUT2D eigenvalue weighted by molar-refractivity contribution is 8.00. The highest BCUT2D eigenvalue weighted by atomic mass is 32.2. The molecule has 0 aromatic carbocycles. The monoisotopic (exact) mass is 215 g/mol. The van der Waals surface area contributed by atoms with Crippen LogP contribution in [0.2, 0.25) is 0 Å². The summed E-state index contributed by atoms with van der Waals surface area (Å²) in [5.74, 6) is 0.558. The minimum Gasteiger partial charge on any atom is -0.480 e. The van der Waals surface area contributed by atoms with E-state index in [-0.39, 0.29) is 0 Å². The second-order valence-electron chi connectivity index (χ2n) is 4.26. The number of hydrogen-bond donors (Lipinski definition) is 2. The van der Waals surface area contributed by atoms with Gasteiger partial charge in [0, 0.05) is 5.25 Å². The zero-order valence-electron chi connectivity index (χ0n) is 8.29. The average Bonchev–Trinajstić information content (AvgIpc) is 2.76. The van der Waals surface area contributed by atoms with Crippen molar-refractivity contribution in [1.29, 1.82) is 0 Å². The molecule has 3 nitrogen and oxygen atoms in total. The van der Waals surface area contributed by atoms with Gasteiger partial charge in [-0.1, -0.05) is 0 Å². The van der Waals surface area contributed by atoms with Crippen molar-refractivity contribution in [3.05, 3.63) is 0 Å². The fourth-order valence-electron chi connectivity index (χ4n) is 2.44. The molecule has 2 aliphatic rings. The third-order valence-electron chi connectivity index (χ3n) is 3.25. The molecule has 4 heteroatoms. The Morgan fingerprint density at radius 1 is 1.57 bits per heavy atom. The number of nitrogens with one attached hydrogen (secondary N) is 1. The van der Waals surface area contributed by atoms with Gasteiger partial charge in [0.25, 0.3) is 0 Å². The van der Waals surface area contributed by atoms with Crippen LogP contribution in [-0.2, 0) is 4.79 Å². The first-order valence-electron chi connectivity index (χ1n) is 5.33. The number of rotatable bonds is 3. The van der Waals surface area contributed by atoms with Crippen molar-refractivity contribution in [3.8, 4) is 0 Å². The van der Waals surface area contributed by atoms with Gasteiger partial charge in [0.05, 0.1) is 0 Å². The normalized spacial score (nSPS) is 37.6. The summed E-state index contributed by atoms with van der Waals surface area (Å²) < 4.78 is 0. The molecule has 2 unspecified atom stereocenters. The Bertz CT molecular complexity index is 220. The Hall–Kier alpha value is -0.220. The van der Waals surface area contributed by atoms with Crippen LogP contribution in [0.4, 0.5) is 0 Å². The van der Waals surface area contributed by atoms with Crippen molar-refractivity contribution in [2.75, 3.05) is 12.3 Å². The van der Waals surface area contributed by atoms with Gasteiger partial charge in [-0.2, -0.15) is 11.8 Å². The Labute approximate surface area is 88.6 Å². The number of hydrogen-bond acceptors (Lipinski definition) is 3. The minimum atomic E-state index is -0.650. The molecule has 0 aromatic rings. The van der Waals surface area contributed by atoms with Gasteiger partial charge in [-0.3, -0.25) is 4.79 Å². The molecular formula is C10H17NO2S. The van der Waals surface area contributed by atoms with Crippen LogP contribution in [0.3, 0.4) is 0 Å². The van der Waals surface area contributed by atoms with E-state index in [0.29, 0.717) is 5.25 Å². The lowest BCUT2D eigenvalue weighted by Crippen LogP contribution is -2.49. The van der Waals surface area contributed by atoms with Crippen molar-refractivity contribution >= 4 is 17.7 Å². The van der Waals surface area contributed by atoms with Crippen LogP contribution in [0.25, 0.3) is 0 Å². The topological polar surface area (TPSA) is 49.3 Å². The lowest BCUT2D eigenvalue weighted by molar-refractivity contribution is -0.144. The average molecular weight is 215 g/mol. The van der Waals surface area contributed by atoms with Crippen LogP contribution in [0.1, 0.15) is 32.1 Å². The fourth-order valence-corrected chi connectivity index (χ4v) is 3.85. The van der Waals surface area contributed by atoms with Gasteiger partial charge in [0.15, 0.2) is 0 Å². The molecular weight excluding hydrogens is 198 g/mol. The van der Waals surface area contributed by atoms with E-state index >= 15 is 0 Å². The van der Waals surface area contributed by atoms with E-state index in [0.717, 1.165) is 25.8 Å². The van der Waals surface area contributed by atoms with Gasteiger partial charge in [-0.25, -0.2) is 0 Å². The van der Waals surface area contributed by atoms with E-state index in [4.69, 9.17) is 0 Å². The lowest BCUT2D eigenvalue weighted by atomic mass is 9.90. The van der Waals surface area contributed by atoms with Crippen LogP contribution in [-0.4, -0.2) is 34.2 Å². The number of carbonyl (C=O) groups is 1. The van der Waals surface area contributed by atoms with Crippen LogP contribution >= 0.6 is 11.8 Å². The summed E-state index contributed by atoms with van der Waals surface area (Å²) in [4.78, 5) is 11.2. The molecule has 2 fully saturated rings. The highest BCUT2D eigenvalue weighted by Crippen LogP contribution is 2.35. The molecule has 0 spiro atoms. The molecule has 2 atom stereocenters. The van der Waals surface area contributed by atoms with Gasteiger partial charge in [0.2, 0.25) is 0 Å². The van der Waals surface area contributed by atoms with Crippen molar-refractivity contribution in [2.45, 2.75) is 42.9 Å². The first-order valence-corrected chi connectivity index (χ1v) is 6.38. The quantitative estimate of drug-likeness (QED) is 0.748. The molecule has 0 bridgehead atoms. The SMILES string of the molecule is O=C(O)C1(CC2CCCS2)CCCN1. The minimum absolute atomic E-state index is 0.566. The Balaban J connectivity index is 1.99. The maximum absolute atomic E-state index is 11.2. The summed E-state index contributed by atoms with van der Waals surface area (Å²) >= 11 is 1.94. The maximum Gasteiger partial charge on any atom is 0.323 e. The van der Waals surface area contributed by atoms with Gasteiger partial charge in [0.1, 0.15) is 5.54 Å². The van der Waals surface area contributed by atoms with Gasteiger partial charge < -0.3 is 10.4 Å².